The predicted molar refractivity (Wildman–Crippen MR) is 76.2 cm³/mol. The van der Waals surface area contributed by atoms with Crippen LogP contribution in [0.1, 0.15) is 27.0 Å². The number of carbonyl (C=O) groups excluding carboxylic acids is 1. The third kappa shape index (κ3) is 3.03. The van der Waals surface area contributed by atoms with E-state index in [1.54, 1.807) is 19.1 Å². The van der Waals surface area contributed by atoms with E-state index < -0.39 is 0 Å². The van der Waals surface area contributed by atoms with Crippen molar-refractivity contribution in [3.05, 3.63) is 64.5 Å². The van der Waals surface area contributed by atoms with Gasteiger partial charge in [0.05, 0.1) is 6.61 Å². The maximum atomic E-state index is 13.2. The Kier molecular flexibility index (Phi) is 4.15. The van der Waals surface area contributed by atoms with Crippen molar-refractivity contribution >= 4 is 11.6 Å². The van der Waals surface area contributed by atoms with Crippen molar-refractivity contribution in [2.75, 3.05) is 5.32 Å². The van der Waals surface area contributed by atoms with Gasteiger partial charge in [0.15, 0.2) is 0 Å². The lowest BCUT2D eigenvalue weighted by Crippen LogP contribution is -2.13. The van der Waals surface area contributed by atoms with Gasteiger partial charge in [-0.15, -0.1) is 0 Å². The molecule has 104 valence electrons. The monoisotopic (exact) mass is 273 g/mol. The van der Waals surface area contributed by atoms with Crippen LogP contribution in [0.25, 0.3) is 0 Å². The lowest BCUT2D eigenvalue weighted by molar-refractivity contribution is 0.102. The van der Waals surface area contributed by atoms with Crippen molar-refractivity contribution in [1.82, 2.24) is 0 Å². The molecule has 2 aromatic carbocycles. The molecule has 0 aliphatic carbocycles. The molecule has 2 rings (SSSR count). The molecule has 2 aromatic rings. The van der Waals surface area contributed by atoms with Crippen LogP contribution in [-0.4, -0.2) is 11.0 Å². The summed E-state index contributed by atoms with van der Waals surface area (Å²) in [6.45, 7) is 3.40. The standard InChI is InChI=1S/C16H16FNO2/c1-10-3-4-12(9-19)8-15(10)18-16(20)13-5-6-14(17)11(2)7-13/h3-8,19H,9H2,1-2H3,(H,18,20). The zero-order valence-electron chi connectivity index (χ0n) is 11.4. The van der Waals surface area contributed by atoms with Crippen LogP contribution in [0.5, 0.6) is 0 Å². The molecule has 0 unspecified atom stereocenters. The molecule has 0 saturated heterocycles. The second-order valence-electron chi connectivity index (χ2n) is 4.73. The van der Waals surface area contributed by atoms with Gasteiger partial charge >= 0.3 is 0 Å². The molecule has 0 aliphatic rings. The summed E-state index contributed by atoms with van der Waals surface area (Å²) in [5.41, 5.74) is 3.09. The number of benzene rings is 2. The topological polar surface area (TPSA) is 49.3 Å². The number of aliphatic hydroxyl groups is 1. The van der Waals surface area contributed by atoms with E-state index in [1.807, 2.05) is 13.0 Å². The fourth-order valence-electron chi connectivity index (χ4n) is 1.88. The van der Waals surface area contributed by atoms with Crippen molar-refractivity contribution in [2.24, 2.45) is 0 Å². The molecule has 0 bridgehead atoms. The van der Waals surface area contributed by atoms with Crippen LogP contribution in [-0.2, 0) is 6.61 Å². The van der Waals surface area contributed by atoms with Crippen LogP contribution < -0.4 is 5.32 Å². The number of aliphatic hydroxyl groups excluding tert-OH is 1. The molecular weight excluding hydrogens is 257 g/mol. The van der Waals surface area contributed by atoms with Gasteiger partial charge in [0.1, 0.15) is 5.82 Å². The molecule has 0 saturated carbocycles. The maximum absolute atomic E-state index is 13.2. The minimum absolute atomic E-state index is 0.0845. The van der Waals surface area contributed by atoms with Gasteiger partial charge in [0.2, 0.25) is 0 Å². The van der Waals surface area contributed by atoms with E-state index in [0.717, 1.165) is 11.1 Å². The minimum atomic E-state index is -0.333. The Hall–Kier alpha value is -2.20. The molecule has 0 heterocycles. The van der Waals surface area contributed by atoms with Gasteiger partial charge < -0.3 is 10.4 Å². The predicted octanol–water partition coefficient (Wildman–Crippen LogP) is 3.19. The Labute approximate surface area is 117 Å². The molecule has 3 nitrogen and oxygen atoms in total. The van der Waals surface area contributed by atoms with Crippen LogP contribution in [0.4, 0.5) is 10.1 Å². The van der Waals surface area contributed by atoms with Crippen molar-refractivity contribution < 1.29 is 14.3 Å². The highest BCUT2D eigenvalue weighted by atomic mass is 19.1. The van der Waals surface area contributed by atoms with Gasteiger partial charge in [0, 0.05) is 11.3 Å². The van der Waals surface area contributed by atoms with Gasteiger partial charge in [0.25, 0.3) is 5.91 Å². The van der Waals surface area contributed by atoms with Gasteiger partial charge in [-0.1, -0.05) is 12.1 Å². The SMILES string of the molecule is Cc1cc(C(=O)Nc2cc(CO)ccc2C)ccc1F. The van der Waals surface area contributed by atoms with Crippen molar-refractivity contribution in [2.45, 2.75) is 20.5 Å². The number of aryl methyl sites for hydroxylation is 2. The molecule has 0 aliphatic heterocycles. The number of carbonyl (C=O) groups is 1. The number of amides is 1. The summed E-state index contributed by atoms with van der Waals surface area (Å²) >= 11 is 0. The molecule has 1 amide bonds. The highest BCUT2D eigenvalue weighted by molar-refractivity contribution is 6.04. The van der Waals surface area contributed by atoms with E-state index in [1.165, 1.54) is 18.2 Å². The second kappa shape index (κ2) is 5.84. The molecule has 0 radical (unpaired) electrons. The van der Waals surface area contributed by atoms with E-state index in [-0.39, 0.29) is 18.3 Å². The van der Waals surface area contributed by atoms with Gasteiger partial charge in [-0.3, -0.25) is 4.79 Å². The zero-order valence-corrected chi connectivity index (χ0v) is 11.4. The average molecular weight is 273 g/mol. The third-order valence-corrected chi connectivity index (χ3v) is 3.15. The van der Waals surface area contributed by atoms with E-state index in [9.17, 15) is 9.18 Å². The van der Waals surface area contributed by atoms with Crippen molar-refractivity contribution in [3.63, 3.8) is 0 Å². The Morgan fingerprint density at radius 3 is 2.55 bits per heavy atom. The molecule has 20 heavy (non-hydrogen) atoms. The minimum Gasteiger partial charge on any atom is -0.392 e. The summed E-state index contributed by atoms with van der Waals surface area (Å²) in [5.74, 6) is -0.633. The van der Waals surface area contributed by atoms with Crippen LogP contribution in [0, 0.1) is 19.7 Å². The molecular formula is C16H16FNO2. The first kappa shape index (κ1) is 14.2. The second-order valence-corrected chi connectivity index (χ2v) is 4.73. The maximum Gasteiger partial charge on any atom is 0.255 e. The van der Waals surface area contributed by atoms with E-state index >= 15 is 0 Å². The Bertz CT molecular complexity index is 653. The lowest BCUT2D eigenvalue weighted by Gasteiger charge is -2.10. The Balaban J connectivity index is 2.25. The van der Waals surface area contributed by atoms with Gasteiger partial charge in [-0.25, -0.2) is 4.39 Å². The lowest BCUT2D eigenvalue weighted by atomic mass is 10.1. The molecule has 0 atom stereocenters. The van der Waals surface area contributed by atoms with Crippen molar-refractivity contribution in [3.8, 4) is 0 Å². The summed E-state index contributed by atoms with van der Waals surface area (Å²) in [6, 6.07) is 9.59. The van der Waals surface area contributed by atoms with E-state index in [4.69, 9.17) is 5.11 Å². The first-order valence-electron chi connectivity index (χ1n) is 6.29. The molecule has 2 N–H and O–H groups in total. The summed E-state index contributed by atoms with van der Waals surface area (Å²) in [6.07, 6.45) is 0. The van der Waals surface area contributed by atoms with Crippen LogP contribution in [0.2, 0.25) is 0 Å². The molecule has 4 heteroatoms. The average Bonchev–Trinajstić information content (AvgIpc) is 2.44. The fraction of sp³-hybridized carbons (Fsp3) is 0.188. The first-order valence-corrected chi connectivity index (χ1v) is 6.29. The van der Waals surface area contributed by atoms with E-state index in [0.29, 0.717) is 16.8 Å². The molecule has 0 aromatic heterocycles. The Morgan fingerprint density at radius 2 is 1.90 bits per heavy atom. The van der Waals surface area contributed by atoms with E-state index in [2.05, 4.69) is 5.32 Å². The fourth-order valence-corrected chi connectivity index (χ4v) is 1.88. The summed E-state index contributed by atoms with van der Waals surface area (Å²) in [7, 11) is 0. The number of hydrogen-bond donors (Lipinski definition) is 2. The molecule has 0 spiro atoms. The van der Waals surface area contributed by atoms with Gasteiger partial charge in [-0.05, 0) is 54.8 Å². The summed E-state index contributed by atoms with van der Waals surface area (Å²) in [5, 5.41) is 11.9. The Morgan fingerprint density at radius 1 is 1.15 bits per heavy atom. The first-order chi connectivity index (χ1) is 9.51. The van der Waals surface area contributed by atoms with Crippen LogP contribution >= 0.6 is 0 Å². The quantitative estimate of drug-likeness (QED) is 0.902. The van der Waals surface area contributed by atoms with Crippen molar-refractivity contribution in [1.29, 1.82) is 0 Å². The number of nitrogens with one attached hydrogen (secondary N) is 1. The largest absolute Gasteiger partial charge is 0.392 e. The number of anilines is 1. The summed E-state index contributed by atoms with van der Waals surface area (Å²) < 4.78 is 13.2. The third-order valence-electron chi connectivity index (χ3n) is 3.15. The number of halogens is 1. The number of hydrogen-bond acceptors (Lipinski definition) is 2. The van der Waals surface area contributed by atoms with Gasteiger partial charge in [-0.2, -0.15) is 0 Å². The normalized spacial score (nSPS) is 10.4. The smallest absolute Gasteiger partial charge is 0.255 e. The molecule has 0 fully saturated rings. The van der Waals surface area contributed by atoms with Crippen LogP contribution in [0.15, 0.2) is 36.4 Å². The van der Waals surface area contributed by atoms with Crippen LogP contribution in [0.3, 0.4) is 0 Å². The summed E-state index contributed by atoms with van der Waals surface area (Å²) in [4.78, 5) is 12.1. The number of rotatable bonds is 3. The highest BCUT2D eigenvalue weighted by Gasteiger charge is 2.10. The zero-order chi connectivity index (χ0) is 14.7. The highest BCUT2D eigenvalue weighted by Crippen LogP contribution is 2.18.